The summed E-state index contributed by atoms with van der Waals surface area (Å²) in [4.78, 5) is 11.9. The van der Waals surface area contributed by atoms with Crippen molar-refractivity contribution in [1.29, 1.82) is 0 Å². The highest BCUT2D eigenvalue weighted by molar-refractivity contribution is 5.97. The fourth-order valence-electron chi connectivity index (χ4n) is 1.53. The van der Waals surface area contributed by atoms with Crippen LogP contribution in [-0.2, 0) is 11.2 Å². The van der Waals surface area contributed by atoms with Crippen LogP contribution in [0.5, 0.6) is 0 Å². The first-order chi connectivity index (χ1) is 7.69. The first-order valence-corrected chi connectivity index (χ1v) is 5.54. The van der Waals surface area contributed by atoms with Crippen LogP contribution in [0.3, 0.4) is 0 Å². The third kappa shape index (κ3) is 3.38. The fraction of sp³-hybridized carbons (Fsp3) is 0.583. The zero-order chi connectivity index (χ0) is 12.0. The fourth-order valence-corrected chi connectivity index (χ4v) is 1.53. The molecule has 1 heterocycles. The van der Waals surface area contributed by atoms with Gasteiger partial charge in [-0.2, -0.15) is 10.2 Å². The number of aromatic nitrogens is 2. The molecular formula is C12H18N2O2. The SMILES string of the molecule is CCc1nnc(C)cc1C(=O)CCCOC. The van der Waals surface area contributed by atoms with Crippen LogP contribution in [0.2, 0.25) is 0 Å². The molecule has 0 N–H and O–H groups in total. The van der Waals surface area contributed by atoms with E-state index in [1.165, 1.54) is 0 Å². The number of ketones is 1. The number of Topliss-reactive ketones (excluding diaryl/α,β-unsaturated/α-hetero) is 1. The molecule has 4 heteroatoms. The molecule has 0 atom stereocenters. The second-order valence-corrected chi connectivity index (χ2v) is 3.72. The highest BCUT2D eigenvalue weighted by Crippen LogP contribution is 2.11. The average molecular weight is 222 g/mol. The molecule has 4 nitrogen and oxygen atoms in total. The molecule has 0 radical (unpaired) electrons. The Morgan fingerprint density at radius 3 is 2.81 bits per heavy atom. The minimum Gasteiger partial charge on any atom is -0.385 e. The first-order valence-electron chi connectivity index (χ1n) is 5.54. The van der Waals surface area contributed by atoms with Crippen molar-refractivity contribution in [3.05, 3.63) is 23.0 Å². The Kier molecular flexibility index (Phi) is 5.05. The minimum atomic E-state index is 0.131. The first kappa shape index (κ1) is 12.8. The number of hydrogen-bond donors (Lipinski definition) is 0. The van der Waals surface area contributed by atoms with Gasteiger partial charge in [-0.3, -0.25) is 4.79 Å². The monoisotopic (exact) mass is 222 g/mol. The van der Waals surface area contributed by atoms with Gasteiger partial charge >= 0.3 is 0 Å². The summed E-state index contributed by atoms with van der Waals surface area (Å²) in [5, 5.41) is 8.01. The van der Waals surface area contributed by atoms with E-state index in [-0.39, 0.29) is 5.78 Å². The molecule has 0 amide bonds. The van der Waals surface area contributed by atoms with Crippen molar-refractivity contribution in [3.8, 4) is 0 Å². The highest BCUT2D eigenvalue weighted by Gasteiger charge is 2.12. The number of hydrogen-bond acceptors (Lipinski definition) is 4. The van der Waals surface area contributed by atoms with Crippen molar-refractivity contribution >= 4 is 5.78 Å². The normalized spacial score (nSPS) is 10.4. The number of aryl methyl sites for hydroxylation is 2. The molecule has 0 spiro atoms. The maximum Gasteiger partial charge on any atom is 0.164 e. The summed E-state index contributed by atoms with van der Waals surface area (Å²) in [7, 11) is 1.64. The summed E-state index contributed by atoms with van der Waals surface area (Å²) in [6.45, 7) is 4.44. The summed E-state index contributed by atoms with van der Waals surface area (Å²) < 4.78 is 4.93. The number of carbonyl (C=O) groups is 1. The molecule has 0 aliphatic carbocycles. The Balaban J connectivity index is 2.76. The molecule has 1 aromatic rings. The number of methoxy groups -OCH3 is 1. The number of nitrogens with zero attached hydrogens (tertiary/aromatic N) is 2. The van der Waals surface area contributed by atoms with E-state index in [1.54, 1.807) is 7.11 Å². The lowest BCUT2D eigenvalue weighted by Gasteiger charge is -2.06. The summed E-state index contributed by atoms with van der Waals surface area (Å²) in [6, 6.07) is 1.82. The lowest BCUT2D eigenvalue weighted by Crippen LogP contribution is -2.08. The Bertz CT molecular complexity index is 364. The van der Waals surface area contributed by atoms with E-state index in [0.717, 1.165) is 24.2 Å². The van der Waals surface area contributed by atoms with Crippen LogP contribution in [0.15, 0.2) is 6.07 Å². The molecule has 0 saturated carbocycles. The van der Waals surface area contributed by atoms with Gasteiger partial charge in [0.05, 0.1) is 11.4 Å². The van der Waals surface area contributed by atoms with Crippen molar-refractivity contribution in [2.24, 2.45) is 0 Å². The van der Waals surface area contributed by atoms with Crippen molar-refractivity contribution in [3.63, 3.8) is 0 Å². The Labute approximate surface area is 96.0 Å². The smallest absolute Gasteiger partial charge is 0.164 e. The Morgan fingerprint density at radius 1 is 1.44 bits per heavy atom. The van der Waals surface area contributed by atoms with Crippen LogP contribution < -0.4 is 0 Å². The van der Waals surface area contributed by atoms with Crippen LogP contribution in [0.1, 0.15) is 41.5 Å². The lowest BCUT2D eigenvalue weighted by atomic mass is 10.0. The van der Waals surface area contributed by atoms with E-state index in [1.807, 2.05) is 19.9 Å². The minimum absolute atomic E-state index is 0.131. The molecule has 0 fully saturated rings. The van der Waals surface area contributed by atoms with E-state index in [0.29, 0.717) is 18.6 Å². The molecule has 88 valence electrons. The molecule has 0 saturated heterocycles. The van der Waals surface area contributed by atoms with Crippen LogP contribution in [0.25, 0.3) is 0 Å². The van der Waals surface area contributed by atoms with Crippen LogP contribution in [0.4, 0.5) is 0 Å². The lowest BCUT2D eigenvalue weighted by molar-refractivity contribution is 0.0961. The highest BCUT2D eigenvalue weighted by atomic mass is 16.5. The van der Waals surface area contributed by atoms with Crippen molar-refractivity contribution < 1.29 is 9.53 Å². The number of ether oxygens (including phenoxy) is 1. The van der Waals surface area contributed by atoms with E-state index < -0.39 is 0 Å². The van der Waals surface area contributed by atoms with Gasteiger partial charge in [-0.1, -0.05) is 6.92 Å². The molecule has 0 bridgehead atoms. The van der Waals surface area contributed by atoms with E-state index >= 15 is 0 Å². The van der Waals surface area contributed by atoms with Gasteiger partial charge in [-0.25, -0.2) is 0 Å². The molecule has 0 aliphatic rings. The van der Waals surface area contributed by atoms with Crippen LogP contribution in [-0.4, -0.2) is 29.7 Å². The van der Waals surface area contributed by atoms with E-state index in [4.69, 9.17) is 4.74 Å². The Morgan fingerprint density at radius 2 is 2.19 bits per heavy atom. The van der Waals surface area contributed by atoms with Gasteiger partial charge in [-0.15, -0.1) is 0 Å². The third-order valence-electron chi connectivity index (χ3n) is 2.38. The second-order valence-electron chi connectivity index (χ2n) is 3.72. The molecule has 16 heavy (non-hydrogen) atoms. The Hall–Kier alpha value is -1.29. The average Bonchev–Trinajstić information content (AvgIpc) is 2.29. The number of carbonyl (C=O) groups excluding carboxylic acids is 1. The summed E-state index contributed by atoms with van der Waals surface area (Å²) in [5.41, 5.74) is 2.28. The largest absolute Gasteiger partial charge is 0.385 e. The summed E-state index contributed by atoms with van der Waals surface area (Å²) in [5.74, 6) is 0.131. The molecular weight excluding hydrogens is 204 g/mol. The van der Waals surface area contributed by atoms with Gasteiger partial charge in [0.2, 0.25) is 0 Å². The molecule has 0 aromatic carbocycles. The number of rotatable bonds is 6. The standard InChI is InChI=1S/C12H18N2O2/c1-4-11-10(8-9(2)13-14-11)12(15)6-5-7-16-3/h8H,4-7H2,1-3H3. The molecule has 0 aliphatic heterocycles. The van der Waals surface area contributed by atoms with Crippen molar-refractivity contribution in [2.75, 3.05) is 13.7 Å². The quantitative estimate of drug-likeness (QED) is 0.545. The summed E-state index contributed by atoms with van der Waals surface area (Å²) >= 11 is 0. The summed E-state index contributed by atoms with van der Waals surface area (Å²) in [6.07, 6.45) is 1.99. The molecule has 1 rings (SSSR count). The topological polar surface area (TPSA) is 52.1 Å². The van der Waals surface area contributed by atoms with Gasteiger partial charge < -0.3 is 4.74 Å². The molecule has 1 aromatic heterocycles. The second kappa shape index (κ2) is 6.33. The zero-order valence-electron chi connectivity index (χ0n) is 10.1. The van der Waals surface area contributed by atoms with Crippen molar-refractivity contribution in [1.82, 2.24) is 10.2 Å². The van der Waals surface area contributed by atoms with Gasteiger partial charge in [0.15, 0.2) is 5.78 Å². The van der Waals surface area contributed by atoms with E-state index in [9.17, 15) is 4.79 Å². The van der Waals surface area contributed by atoms with Crippen molar-refractivity contribution in [2.45, 2.75) is 33.1 Å². The van der Waals surface area contributed by atoms with Gasteiger partial charge in [-0.05, 0) is 25.8 Å². The van der Waals surface area contributed by atoms with Gasteiger partial charge in [0.1, 0.15) is 0 Å². The van der Waals surface area contributed by atoms with Crippen LogP contribution >= 0.6 is 0 Å². The van der Waals surface area contributed by atoms with Crippen LogP contribution in [0, 0.1) is 6.92 Å². The predicted octanol–water partition coefficient (Wildman–Crippen LogP) is 1.96. The third-order valence-corrected chi connectivity index (χ3v) is 2.38. The zero-order valence-corrected chi connectivity index (χ0v) is 10.1. The molecule has 0 unspecified atom stereocenters. The maximum absolute atomic E-state index is 11.9. The maximum atomic E-state index is 11.9. The van der Waals surface area contributed by atoms with Gasteiger partial charge in [0, 0.05) is 25.7 Å². The predicted molar refractivity (Wildman–Crippen MR) is 61.6 cm³/mol. The van der Waals surface area contributed by atoms with E-state index in [2.05, 4.69) is 10.2 Å². The van der Waals surface area contributed by atoms with Gasteiger partial charge in [0.25, 0.3) is 0 Å².